The zero-order valence-electron chi connectivity index (χ0n) is 16.7. The molecule has 0 radical (unpaired) electrons. The topological polar surface area (TPSA) is 55.2 Å². The lowest BCUT2D eigenvalue weighted by molar-refractivity contribution is -0.126. The van der Waals surface area contributed by atoms with E-state index in [1.54, 1.807) is 47.4 Å². The summed E-state index contributed by atoms with van der Waals surface area (Å²) in [5, 5.41) is 0.705. The molecule has 0 bridgehead atoms. The number of amides is 1. The van der Waals surface area contributed by atoms with Gasteiger partial charge in [0.1, 0.15) is 5.82 Å². The van der Waals surface area contributed by atoms with Crippen molar-refractivity contribution in [2.75, 3.05) is 12.3 Å². The van der Waals surface area contributed by atoms with Crippen molar-refractivity contribution in [1.82, 2.24) is 14.5 Å². The van der Waals surface area contributed by atoms with E-state index in [1.165, 1.54) is 10.6 Å². The van der Waals surface area contributed by atoms with Gasteiger partial charge in [0, 0.05) is 12.2 Å². The van der Waals surface area contributed by atoms with E-state index in [2.05, 4.69) is 11.1 Å². The van der Waals surface area contributed by atoms with Crippen LogP contribution in [0.5, 0.6) is 0 Å². The first-order valence-corrected chi connectivity index (χ1v) is 11.0. The summed E-state index contributed by atoms with van der Waals surface area (Å²) in [6.07, 6.45) is 5.06. The van der Waals surface area contributed by atoms with Gasteiger partial charge in [-0.15, -0.1) is 0 Å². The van der Waals surface area contributed by atoms with Gasteiger partial charge in [-0.25, -0.2) is 9.37 Å². The fourth-order valence-corrected chi connectivity index (χ4v) is 4.58. The maximum Gasteiger partial charge on any atom is 0.266 e. The number of carbonyl (C=O) groups excluding carboxylic acids is 1. The molecule has 1 aliphatic rings. The summed E-state index contributed by atoms with van der Waals surface area (Å²) in [4.78, 5) is 32.4. The molecule has 154 valence electrons. The highest BCUT2D eigenvalue weighted by Crippen LogP contribution is 2.25. The van der Waals surface area contributed by atoms with E-state index in [-0.39, 0.29) is 22.9 Å². The van der Waals surface area contributed by atoms with Crippen LogP contribution in [0.25, 0.3) is 16.6 Å². The highest BCUT2D eigenvalue weighted by atomic mass is 32.2. The van der Waals surface area contributed by atoms with Crippen LogP contribution in [-0.2, 0) is 4.79 Å². The van der Waals surface area contributed by atoms with Crippen molar-refractivity contribution in [2.45, 2.75) is 31.3 Å². The van der Waals surface area contributed by atoms with E-state index in [4.69, 9.17) is 0 Å². The first kappa shape index (κ1) is 20.3. The van der Waals surface area contributed by atoms with E-state index in [9.17, 15) is 14.0 Å². The fraction of sp³-hybridized carbons (Fsp3) is 0.261. The van der Waals surface area contributed by atoms with Gasteiger partial charge < -0.3 is 4.90 Å². The van der Waals surface area contributed by atoms with E-state index in [0.29, 0.717) is 22.6 Å². The van der Waals surface area contributed by atoms with Crippen molar-refractivity contribution in [3.8, 4) is 5.69 Å². The predicted octanol–water partition coefficient (Wildman–Crippen LogP) is 4.53. The molecule has 0 N–H and O–H groups in total. The molecule has 0 spiro atoms. The number of halogens is 1. The molecule has 30 heavy (non-hydrogen) atoms. The van der Waals surface area contributed by atoms with E-state index in [0.717, 1.165) is 36.7 Å². The molecule has 0 saturated heterocycles. The van der Waals surface area contributed by atoms with Gasteiger partial charge in [0.15, 0.2) is 5.16 Å². The number of hydrogen-bond acceptors (Lipinski definition) is 4. The third-order valence-corrected chi connectivity index (χ3v) is 6.07. The quantitative estimate of drug-likeness (QED) is 0.432. The van der Waals surface area contributed by atoms with Crippen molar-refractivity contribution in [3.63, 3.8) is 0 Å². The number of fused-ring (bicyclic) bond motifs is 1. The smallest absolute Gasteiger partial charge is 0.266 e. The maximum absolute atomic E-state index is 14.5. The summed E-state index contributed by atoms with van der Waals surface area (Å²) in [5.74, 6) is -0.445. The molecule has 1 heterocycles. The number of aromatic nitrogens is 2. The van der Waals surface area contributed by atoms with Crippen molar-refractivity contribution in [3.05, 3.63) is 76.5 Å². The number of nitrogens with zero attached hydrogens (tertiary/aromatic N) is 3. The Labute approximate surface area is 178 Å². The number of benzene rings is 2. The molecule has 0 aliphatic heterocycles. The van der Waals surface area contributed by atoms with Crippen molar-refractivity contribution in [2.24, 2.45) is 0 Å². The highest BCUT2D eigenvalue weighted by molar-refractivity contribution is 7.99. The molecule has 0 saturated carbocycles. The number of allylic oxidation sites excluding steroid dienone is 2. The lowest BCUT2D eigenvalue weighted by atomic mass is 10.2. The van der Waals surface area contributed by atoms with Crippen LogP contribution in [0.15, 0.2) is 70.3 Å². The molecule has 0 atom stereocenters. The Morgan fingerprint density at radius 2 is 1.97 bits per heavy atom. The molecule has 1 aromatic heterocycles. The molecular formula is C23H22FN3O2S. The molecule has 1 amide bonds. The molecule has 5 nitrogen and oxygen atoms in total. The zero-order valence-corrected chi connectivity index (χ0v) is 17.5. The molecule has 2 aromatic carbocycles. The first-order chi connectivity index (χ1) is 14.6. The van der Waals surface area contributed by atoms with Crippen LogP contribution in [-0.4, -0.2) is 32.7 Å². The normalized spacial score (nSPS) is 13.5. The van der Waals surface area contributed by atoms with E-state index < -0.39 is 5.82 Å². The van der Waals surface area contributed by atoms with Gasteiger partial charge >= 0.3 is 0 Å². The van der Waals surface area contributed by atoms with E-state index in [1.807, 2.05) is 6.92 Å². The minimum Gasteiger partial charge on any atom is -0.316 e. The van der Waals surface area contributed by atoms with Crippen LogP contribution in [0.4, 0.5) is 4.39 Å². The number of rotatable bonds is 6. The minimum atomic E-state index is -0.517. The monoisotopic (exact) mass is 423 g/mol. The fourth-order valence-electron chi connectivity index (χ4n) is 3.70. The zero-order chi connectivity index (χ0) is 21.1. The summed E-state index contributed by atoms with van der Waals surface area (Å²) >= 11 is 1.16. The second-order valence-electron chi connectivity index (χ2n) is 7.02. The summed E-state index contributed by atoms with van der Waals surface area (Å²) in [6, 6.07) is 13.1. The van der Waals surface area contributed by atoms with Gasteiger partial charge in [0.2, 0.25) is 5.91 Å². The molecule has 7 heteroatoms. The minimum absolute atomic E-state index is 0.0434. The second kappa shape index (κ2) is 8.83. The first-order valence-electron chi connectivity index (χ1n) is 9.99. The Morgan fingerprint density at radius 1 is 1.20 bits per heavy atom. The van der Waals surface area contributed by atoms with Crippen LogP contribution in [0.1, 0.15) is 26.2 Å². The standard InChI is InChI=1S/C23H22FN3O2S/c1-2-26(16-9-3-4-10-16)21(28)15-30-23-25-19-13-7-5-11-17(19)22(29)27(23)20-14-8-6-12-18(20)24/h5-9,11-14H,2-4,10,15H2,1H3. The molecule has 3 aromatic rings. The molecule has 4 rings (SSSR count). The van der Waals surface area contributed by atoms with Crippen LogP contribution in [0.3, 0.4) is 0 Å². The summed E-state index contributed by atoms with van der Waals surface area (Å²) < 4.78 is 15.8. The van der Waals surface area contributed by atoms with Crippen LogP contribution in [0.2, 0.25) is 0 Å². The largest absolute Gasteiger partial charge is 0.316 e. The third kappa shape index (κ3) is 3.89. The average Bonchev–Trinajstić information content (AvgIpc) is 3.28. The summed E-state index contributed by atoms with van der Waals surface area (Å²) in [6.45, 7) is 2.54. The number of para-hydroxylation sites is 2. The van der Waals surface area contributed by atoms with Crippen molar-refractivity contribution < 1.29 is 9.18 Å². The Kier molecular flexibility index (Phi) is 5.99. The molecular weight excluding hydrogens is 401 g/mol. The van der Waals surface area contributed by atoms with Gasteiger partial charge in [0.25, 0.3) is 5.56 Å². The van der Waals surface area contributed by atoms with Crippen LogP contribution < -0.4 is 5.56 Å². The lowest BCUT2D eigenvalue weighted by Gasteiger charge is -2.22. The van der Waals surface area contributed by atoms with Crippen molar-refractivity contribution in [1.29, 1.82) is 0 Å². The van der Waals surface area contributed by atoms with E-state index >= 15 is 0 Å². The SMILES string of the molecule is CCN(C(=O)CSc1nc2ccccc2c(=O)n1-c1ccccc1F)C1=CCCC1. The highest BCUT2D eigenvalue weighted by Gasteiger charge is 2.21. The van der Waals surface area contributed by atoms with Gasteiger partial charge in [-0.1, -0.05) is 42.1 Å². The molecule has 0 unspecified atom stereocenters. The van der Waals surface area contributed by atoms with Crippen molar-refractivity contribution >= 4 is 28.6 Å². The van der Waals surface area contributed by atoms with Gasteiger partial charge in [-0.2, -0.15) is 0 Å². The van der Waals surface area contributed by atoms with Crippen LogP contribution >= 0.6 is 11.8 Å². The lowest BCUT2D eigenvalue weighted by Crippen LogP contribution is -2.31. The Hall–Kier alpha value is -2.93. The second-order valence-corrected chi connectivity index (χ2v) is 7.96. The van der Waals surface area contributed by atoms with Crippen LogP contribution in [0, 0.1) is 5.82 Å². The summed E-state index contributed by atoms with van der Waals surface area (Å²) in [5.41, 5.74) is 1.35. The number of thioether (sulfide) groups is 1. The number of hydrogen-bond donors (Lipinski definition) is 0. The molecule has 1 aliphatic carbocycles. The Morgan fingerprint density at radius 3 is 2.70 bits per heavy atom. The van der Waals surface area contributed by atoms with Gasteiger partial charge in [-0.05, 0) is 50.5 Å². The number of carbonyl (C=O) groups is 1. The third-order valence-electron chi connectivity index (χ3n) is 5.14. The molecule has 0 fully saturated rings. The van der Waals surface area contributed by atoms with Gasteiger partial charge in [0.05, 0.1) is 22.3 Å². The summed E-state index contributed by atoms with van der Waals surface area (Å²) in [7, 11) is 0. The average molecular weight is 424 g/mol. The maximum atomic E-state index is 14.5. The van der Waals surface area contributed by atoms with Gasteiger partial charge in [-0.3, -0.25) is 14.2 Å². The Bertz CT molecular complexity index is 1190. The predicted molar refractivity (Wildman–Crippen MR) is 117 cm³/mol. The Balaban J connectivity index is 1.73.